The van der Waals surface area contributed by atoms with Crippen molar-refractivity contribution in [3.8, 4) is 5.75 Å². The van der Waals surface area contributed by atoms with Crippen molar-refractivity contribution >= 4 is 0 Å². The highest BCUT2D eigenvalue weighted by Crippen LogP contribution is 2.41. The van der Waals surface area contributed by atoms with Gasteiger partial charge in [-0.1, -0.05) is 46.8 Å². The molecule has 0 aliphatic heterocycles. The van der Waals surface area contributed by atoms with Gasteiger partial charge in [0, 0.05) is 12.2 Å². The van der Waals surface area contributed by atoms with E-state index in [-0.39, 0.29) is 17.4 Å². The van der Waals surface area contributed by atoms with Crippen molar-refractivity contribution in [2.24, 2.45) is 5.41 Å². The highest BCUT2D eigenvalue weighted by Gasteiger charge is 2.30. The number of hydrogen-bond acceptors (Lipinski definition) is 2. The zero-order valence-corrected chi connectivity index (χ0v) is 13.2. The summed E-state index contributed by atoms with van der Waals surface area (Å²) in [6.45, 7) is 13.1. The lowest BCUT2D eigenvalue weighted by Crippen LogP contribution is -2.25. The Kier molecular flexibility index (Phi) is 4.67. The lowest BCUT2D eigenvalue weighted by Gasteiger charge is -2.34. The van der Waals surface area contributed by atoms with E-state index in [1.807, 2.05) is 19.1 Å². The molecule has 2 nitrogen and oxygen atoms in total. The summed E-state index contributed by atoms with van der Waals surface area (Å²) < 4.78 is 0. The van der Waals surface area contributed by atoms with E-state index in [0.29, 0.717) is 12.2 Å². The molecule has 0 saturated carbocycles. The first-order valence-corrected chi connectivity index (χ1v) is 7.01. The molecular weight excluding hydrogens is 236 g/mol. The van der Waals surface area contributed by atoms with Gasteiger partial charge in [0.05, 0.1) is 0 Å². The lowest BCUT2D eigenvalue weighted by atomic mass is 9.71. The summed E-state index contributed by atoms with van der Waals surface area (Å²) in [5, 5.41) is 19.5. The van der Waals surface area contributed by atoms with Gasteiger partial charge in [0.15, 0.2) is 0 Å². The Labute approximate surface area is 117 Å². The summed E-state index contributed by atoms with van der Waals surface area (Å²) in [6, 6.07) is 4.01. The van der Waals surface area contributed by atoms with Gasteiger partial charge >= 0.3 is 0 Å². The minimum atomic E-state index is -0.0848. The Hall–Kier alpha value is -1.02. The molecule has 1 aromatic rings. The second kappa shape index (κ2) is 5.54. The Balaban J connectivity index is 3.24. The number of aliphatic hydroxyl groups excluding tert-OH is 1. The molecule has 19 heavy (non-hydrogen) atoms. The number of aromatic hydroxyl groups is 1. The molecule has 0 radical (unpaired) electrons. The first kappa shape index (κ1) is 16.0. The minimum Gasteiger partial charge on any atom is -0.507 e. The van der Waals surface area contributed by atoms with E-state index in [1.165, 1.54) is 0 Å². The predicted molar refractivity (Wildman–Crippen MR) is 80.7 cm³/mol. The lowest BCUT2D eigenvalue weighted by molar-refractivity contribution is 0.277. The van der Waals surface area contributed by atoms with E-state index >= 15 is 0 Å². The van der Waals surface area contributed by atoms with Crippen molar-refractivity contribution in [2.45, 2.75) is 59.8 Å². The Morgan fingerprint density at radius 1 is 1.05 bits per heavy atom. The molecule has 0 heterocycles. The highest BCUT2D eigenvalue weighted by atomic mass is 16.3. The zero-order valence-electron chi connectivity index (χ0n) is 13.2. The number of aliphatic hydroxyl groups is 1. The third-order valence-corrected chi connectivity index (χ3v) is 3.46. The van der Waals surface area contributed by atoms with Gasteiger partial charge in [-0.2, -0.15) is 0 Å². The average Bonchev–Trinajstić information content (AvgIpc) is 2.19. The van der Waals surface area contributed by atoms with Crippen LogP contribution in [0.1, 0.15) is 57.7 Å². The zero-order chi connectivity index (χ0) is 14.8. The number of aryl methyl sites for hydroxylation is 1. The molecule has 0 aliphatic carbocycles. The fourth-order valence-corrected chi connectivity index (χ4v) is 3.06. The average molecular weight is 264 g/mol. The van der Waals surface area contributed by atoms with Crippen LogP contribution in [0.4, 0.5) is 0 Å². The molecule has 0 aromatic heterocycles. The predicted octanol–water partition coefficient (Wildman–Crippen LogP) is 3.95. The van der Waals surface area contributed by atoms with Crippen molar-refractivity contribution in [3.05, 3.63) is 28.8 Å². The van der Waals surface area contributed by atoms with Crippen LogP contribution in [-0.2, 0) is 11.8 Å². The van der Waals surface area contributed by atoms with Crippen LogP contribution in [0.15, 0.2) is 12.1 Å². The van der Waals surface area contributed by atoms with Gasteiger partial charge in [0.1, 0.15) is 5.75 Å². The molecule has 2 N–H and O–H groups in total. The van der Waals surface area contributed by atoms with E-state index < -0.39 is 0 Å². The number of rotatable bonds is 4. The maximum atomic E-state index is 10.4. The van der Waals surface area contributed by atoms with Crippen LogP contribution in [0.2, 0.25) is 0 Å². The van der Waals surface area contributed by atoms with Crippen molar-refractivity contribution < 1.29 is 10.2 Å². The standard InChI is InChI=1S/C17H28O2/c1-12-9-13(7-8-18)10-14(15(12)19)17(5,6)11-16(2,3)4/h9-10,18-19H,7-8,11H2,1-6H3. The van der Waals surface area contributed by atoms with E-state index in [2.05, 4.69) is 34.6 Å². The van der Waals surface area contributed by atoms with Gasteiger partial charge < -0.3 is 10.2 Å². The molecule has 0 aliphatic rings. The quantitative estimate of drug-likeness (QED) is 0.864. The second-order valence-corrected chi connectivity index (χ2v) is 7.40. The van der Waals surface area contributed by atoms with Crippen LogP contribution in [-0.4, -0.2) is 16.8 Å². The third-order valence-electron chi connectivity index (χ3n) is 3.46. The molecule has 0 amide bonds. The fourth-order valence-electron chi connectivity index (χ4n) is 3.06. The summed E-state index contributed by atoms with van der Waals surface area (Å²) in [5.41, 5.74) is 3.10. The summed E-state index contributed by atoms with van der Waals surface area (Å²) in [6.07, 6.45) is 1.63. The first-order chi connectivity index (χ1) is 8.57. The van der Waals surface area contributed by atoms with E-state index in [9.17, 15) is 5.11 Å². The van der Waals surface area contributed by atoms with Crippen molar-refractivity contribution in [1.82, 2.24) is 0 Å². The van der Waals surface area contributed by atoms with E-state index in [0.717, 1.165) is 23.1 Å². The summed E-state index contributed by atoms with van der Waals surface area (Å²) in [5.74, 6) is 0.399. The van der Waals surface area contributed by atoms with Gasteiger partial charge in [0.2, 0.25) is 0 Å². The molecule has 0 fully saturated rings. The van der Waals surface area contributed by atoms with Crippen molar-refractivity contribution in [2.75, 3.05) is 6.61 Å². The molecule has 0 atom stereocenters. The van der Waals surface area contributed by atoms with Crippen LogP contribution >= 0.6 is 0 Å². The molecule has 0 bridgehead atoms. The van der Waals surface area contributed by atoms with Crippen LogP contribution in [0.25, 0.3) is 0 Å². The smallest absolute Gasteiger partial charge is 0.122 e. The fraction of sp³-hybridized carbons (Fsp3) is 0.647. The number of benzene rings is 1. The van der Waals surface area contributed by atoms with Gasteiger partial charge in [-0.25, -0.2) is 0 Å². The Morgan fingerprint density at radius 3 is 2.11 bits per heavy atom. The van der Waals surface area contributed by atoms with Gasteiger partial charge in [0.25, 0.3) is 0 Å². The van der Waals surface area contributed by atoms with Crippen LogP contribution < -0.4 is 0 Å². The van der Waals surface area contributed by atoms with Gasteiger partial charge in [-0.3, -0.25) is 0 Å². The summed E-state index contributed by atoms with van der Waals surface area (Å²) >= 11 is 0. The maximum absolute atomic E-state index is 10.4. The molecule has 108 valence electrons. The molecule has 0 unspecified atom stereocenters. The molecule has 0 spiro atoms. The molecule has 1 aromatic carbocycles. The second-order valence-electron chi connectivity index (χ2n) is 7.40. The molecule has 1 rings (SSSR count). The van der Waals surface area contributed by atoms with Crippen LogP contribution in [0.3, 0.4) is 0 Å². The largest absolute Gasteiger partial charge is 0.507 e. The normalized spacial score (nSPS) is 12.8. The van der Waals surface area contributed by atoms with Crippen LogP contribution in [0, 0.1) is 12.3 Å². The Morgan fingerprint density at radius 2 is 1.63 bits per heavy atom. The third kappa shape index (κ3) is 4.24. The topological polar surface area (TPSA) is 40.5 Å². The highest BCUT2D eigenvalue weighted by molar-refractivity contribution is 5.46. The molecule has 2 heteroatoms. The Bertz CT molecular complexity index is 439. The van der Waals surface area contributed by atoms with Gasteiger partial charge in [-0.05, 0) is 41.7 Å². The van der Waals surface area contributed by atoms with E-state index in [1.54, 1.807) is 0 Å². The number of phenols is 1. The maximum Gasteiger partial charge on any atom is 0.122 e. The number of hydrogen-bond donors (Lipinski definition) is 2. The van der Waals surface area contributed by atoms with Crippen molar-refractivity contribution in [1.29, 1.82) is 0 Å². The molecular formula is C17H28O2. The SMILES string of the molecule is Cc1cc(CCO)cc(C(C)(C)CC(C)(C)C)c1O. The monoisotopic (exact) mass is 264 g/mol. The summed E-state index contributed by atoms with van der Waals surface area (Å²) in [7, 11) is 0. The van der Waals surface area contributed by atoms with Crippen molar-refractivity contribution in [3.63, 3.8) is 0 Å². The minimum absolute atomic E-state index is 0.0848. The van der Waals surface area contributed by atoms with Gasteiger partial charge in [-0.15, -0.1) is 0 Å². The number of phenolic OH excluding ortho intramolecular Hbond substituents is 1. The summed E-state index contributed by atoms with van der Waals surface area (Å²) in [4.78, 5) is 0. The van der Waals surface area contributed by atoms with Crippen LogP contribution in [0.5, 0.6) is 5.75 Å². The first-order valence-electron chi connectivity index (χ1n) is 7.01. The van der Waals surface area contributed by atoms with E-state index in [4.69, 9.17) is 5.11 Å². The molecule has 0 saturated heterocycles.